The van der Waals surface area contributed by atoms with Gasteiger partial charge in [0.2, 0.25) is 5.91 Å². The number of nitrogens with one attached hydrogen (secondary N) is 3. The lowest BCUT2D eigenvalue weighted by Gasteiger charge is -2.22. The van der Waals surface area contributed by atoms with Crippen molar-refractivity contribution >= 4 is 5.91 Å². The number of hydrogen-bond acceptors (Lipinski definition) is 5. The molecule has 1 saturated heterocycles. The van der Waals surface area contributed by atoms with Crippen LogP contribution in [0.2, 0.25) is 0 Å². The lowest BCUT2D eigenvalue weighted by Crippen LogP contribution is -2.51. The van der Waals surface area contributed by atoms with Gasteiger partial charge in [-0.3, -0.25) is 9.89 Å². The van der Waals surface area contributed by atoms with Crippen LogP contribution in [0.4, 0.5) is 0 Å². The quantitative estimate of drug-likeness (QED) is 0.560. The van der Waals surface area contributed by atoms with Gasteiger partial charge in [0.15, 0.2) is 0 Å². The number of aromatic amines is 1. The first-order valence-corrected chi connectivity index (χ1v) is 4.79. The first-order valence-electron chi connectivity index (χ1n) is 4.79. The van der Waals surface area contributed by atoms with Gasteiger partial charge in [0.05, 0.1) is 19.8 Å². The van der Waals surface area contributed by atoms with Gasteiger partial charge in [0.25, 0.3) is 0 Å². The zero-order chi connectivity index (χ0) is 10.5. The molecular formula is C8H13N5O2. The predicted octanol–water partition coefficient (Wildman–Crippen LogP) is -1.59. The molecule has 1 aliphatic rings. The molecule has 82 valence electrons. The second-order valence-electron chi connectivity index (χ2n) is 3.23. The highest BCUT2D eigenvalue weighted by Crippen LogP contribution is 1.93. The van der Waals surface area contributed by atoms with Gasteiger partial charge in [-0.15, -0.1) is 0 Å². The van der Waals surface area contributed by atoms with Crippen LogP contribution in [0.15, 0.2) is 6.33 Å². The van der Waals surface area contributed by atoms with Gasteiger partial charge in [-0.2, -0.15) is 5.10 Å². The normalized spacial score (nSPS) is 21.2. The van der Waals surface area contributed by atoms with Gasteiger partial charge in [-0.25, -0.2) is 4.98 Å². The van der Waals surface area contributed by atoms with E-state index in [2.05, 4.69) is 25.8 Å². The molecule has 2 heterocycles. The summed E-state index contributed by atoms with van der Waals surface area (Å²) in [6, 6.07) is -0.262. The van der Waals surface area contributed by atoms with Crippen LogP contribution in [0.25, 0.3) is 0 Å². The molecule has 1 amide bonds. The number of morpholine rings is 1. The highest BCUT2D eigenvalue weighted by molar-refractivity contribution is 5.81. The second-order valence-corrected chi connectivity index (χ2v) is 3.23. The number of carbonyl (C=O) groups excluding carboxylic acids is 1. The van der Waals surface area contributed by atoms with Crippen LogP contribution in [0, 0.1) is 0 Å². The predicted molar refractivity (Wildman–Crippen MR) is 50.8 cm³/mol. The van der Waals surface area contributed by atoms with Gasteiger partial charge in [-0.1, -0.05) is 0 Å². The lowest BCUT2D eigenvalue weighted by molar-refractivity contribution is -0.126. The fourth-order valence-electron chi connectivity index (χ4n) is 1.34. The molecule has 0 aromatic carbocycles. The summed E-state index contributed by atoms with van der Waals surface area (Å²) in [5.41, 5.74) is 0. The van der Waals surface area contributed by atoms with Gasteiger partial charge in [-0.05, 0) is 0 Å². The fourth-order valence-corrected chi connectivity index (χ4v) is 1.34. The topological polar surface area (TPSA) is 91.9 Å². The number of nitrogens with zero attached hydrogens (tertiary/aromatic N) is 2. The van der Waals surface area contributed by atoms with Crippen molar-refractivity contribution in [1.29, 1.82) is 0 Å². The molecule has 15 heavy (non-hydrogen) atoms. The summed E-state index contributed by atoms with van der Waals surface area (Å²) >= 11 is 0. The van der Waals surface area contributed by atoms with E-state index >= 15 is 0 Å². The standard InChI is InChI=1S/C8H13N5O2/c14-8(6-4-15-2-1-9-6)10-3-7-11-5-12-13-7/h5-6,9H,1-4H2,(H,10,14)(H,11,12,13). The number of rotatable bonds is 3. The summed E-state index contributed by atoms with van der Waals surface area (Å²) < 4.78 is 5.18. The number of ether oxygens (including phenoxy) is 1. The van der Waals surface area contributed by atoms with Crippen molar-refractivity contribution < 1.29 is 9.53 Å². The fraction of sp³-hybridized carbons (Fsp3) is 0.625. The van der Waals surface area contributed by atoms with Crippen LogP contribution in [0.5, 0.6) is 0 Å². The maximum Gasteiger partial charge on any atom is 0.239 e. The molecule has 0 spiro atoms. The van der Waals surface area contributed by atoms with E-state index in [1.54, 1.807) is 0 Å². The minimum atomic E-state index is -0.262. The summed E-state index contributed by atoms with van der Waals surface area (Å²) in [6.45, 7) is 2.14. The number of aromatic nitrogens is 3. The first-order chi connectivity index (χ1) is 7.36. The Balaban J connectivity index is 1.76. The van der Waals surface area contributed by atoms with E-state index in [9.17, 15) is 4.79 Å². The Labute approximate surface area is 86.6 Å². The summed E-state index contributed by atoms with van der Waals surface area (Å²) in [5, 5.41) is 12.2. The molecule has 1 aliphatic heterocycles. The second kappa shape index (κ2) is 4.85. The van der Waals surface area contributed by atoms with Crippen LogP contribution < -0.4 is 10.6 Å². The minimum absolute atomic E-state index is 0.0777. The Hall–Kier alpha value is -1.47. The third-order valence-electron chi connectivity index (χ3n) is 2.13. The molecule has 7 heteroatoms. The van der Waals surface area contributed by atoms with Crippen molar-refractivity contribution in [3.8, 4) is 0 Å². The molecule has 0 radical (unpaired) electrons. The third-order valence-corrected chi connectivity index (χ3v) is 2.13. The molecule has 0 aliphatic carbocycles. The molecule has 7 nitrogen and oxygen atoms in total. The molecule has 1 aromatic rings. The highest BCUT2D eigenvalue weighted by Gasteiger charge is 2.20. The number of amides is 1. The van der Waals surface area contributed by atoms with Crippen LogP contribution in [-0.4, -0.2) is 46.9 Å². The smallest absolute Gasteiger partial charge is 0.239 e. The van der Waals surface area contributed by atoms with E-state index in [0.29, 0.717) is 32.1 Å². The van der Waals surface area contributed by atoms with Crippen LogP contribution in [0.1, 0.15) is 5.82 Å². The van der Waals surface area contributed by atoms with E-state index in [1.807, 2.05) is 0 Å². The van der Waals surface area contributed by atoms with Crippen molar-refractivity contribution in [1.82, 2.24) is 25.8 Å². The molecule has 1 atom stereocenters. The maximum atomic E-state index is 11.6. The Kier molecular flexibility index (Phi) is 3.25. The Bertz CT molecular complexity index is 307. The average Bonchev–Trinajstić information content (AvgIpc) is 2.80. The van der Waals surface area contributed by atoms with Gasteiger partial charge >= 0.3 is 0 Å². The van der Waals surface area contributed by atoms with Gasteiger partial charge < -0.3 is 15.4 Å². The van der Waals surface area contributed by atoms with Crippen molar-refractivity contribution in [2.75, 3.05) is 19.8 Å². The van der Waals surface area contributed by atoms with E-state index in [-0.39, 0.29) is 11.9 Å². The monoisotopic (exact) mass is 211 g/mol. The van der Waals surface area contributed by atoms with E-state index in [4.69, 9.17) is 4.74 Å². The van der Waals surface area contributed by atoms with Crippen LogP contribution in [0.3, 0.4) is 0 Å². The molecule has 1 aromatic heterocycles. The zero-order valence-corrected chi connectivity index (χ0v) is 8.19. The Morgan fingerprint density at radius 2 is 2.67 bits per heavy atom. The number of hydrogen-bond donors (Lipinski definition) is 3. The lowest BCUT2D eigenvalue weighted by atomic mass is 10.2. The molecule has 0 bridgehead atoms. The van der Waals surface area contributed by atoms with Crippen LogP contribution in [-0.2, 0) is 16.1 Å². The molecule has 3 N–H and O–H groups in total. The summed E-state index contributed by atoms with van der Waals surface area (Å²) in [5.74, 6) is 0.561. The van der Waals surface area contributed by atoms with Gasteiger partial charge in [0.1, 0.15) is 18.2 Å². The molecule has 1 unspecified atom stereocenters. The van der Waals surface area contributed by atoms with Crippen molar-refractivity contribution in [2.24, 2.45) is 0 Å². The summed E-state index contributed by atoms with van der Waals surface area (Å²) in [7, 11) is 0. The zero-order valence-electron chi connectivity index (χ0n) is 8.19. The molecule has 0 saturated carbocycles. The van der Waals surface area contributed by atoms with E-state index < -0.39 is 0 Å². The molecular weight excluding hydrogens is 198 g/mol. The van der Waals surface area contributed by atoms with Crippen molar-refractivity contribution in [3.05, 3.63) is 12.2 Å². The molecule has 2 rings (SSSR count). The van der Waals surface area contributed by atoms with E-state index in [0.717, 1.165) is 0 Å². The maximum absolute atomic E-state index is 11.6. The van der Waals surface area contributed by atoms with Gasteiger partial charge in [0, 0.05) is 6.54 Å². The molecule has 1 fully saturated rings. The first kappa shape index (κ1) is 10.1. The Morgan fingerprint density at radius 1 is 1.73 bits per heavy atom. The van der Waals surface area contributed by atoms with Crippen molar-refractivity contribution in [3.63, 3.8) is 0 Å². The van der Waals surface area contributed by atoms with Crippen molar-refractivity contribution in [2.45, 2.75) is 12.6 Å². The summed E-state index contributed by atoms with van der Waals surface area (Å²) in [4.78, 5) is 15.5. The van der Waals surface area contributed by atoms with E-state index in [1.165, 1.54) is 6.33 Å². The SMILES string of the molecule is O=C(NCc1ncn[nH]1)C1COCCN1. The highest BCUT2D eigenvalue weighted by atomic mass is 16.5. The third kappa shape index (κ3) is 2.74. The Morgan fingerprint density at radius 3 is 3.33 bits per heavy atom. The number of carbonyl (C=O) groups is 1. The largest absolute Gasteiger partial charge is 0.378 e. The summed E-state index contributed by atoms with van der Waals surface area (Å²) in [6.07, 6.45) is 1.41. The van der Waals surface area contributed by atoms with Crippen LogP contribution >= 0.6 is 0 Å². The average molecular weight is 211 g/mol. The number of H-pyrrole nitrogens is 1. The minimum Gasteiger partial charge on any atom is -0.378 e.